The number of thiophene rings is 1. The number of hydrogen-bond acceptors (Lipinski definition) is 4. The number of anilines is 1. The fraction of sp³-hybridized carbons (Fsp3) is 0.353. The van der Waals surface area contributed by atoms with Gasteiger partial charge in [-0.2, -0.15) is 0 Å². The number of hydrogen-bond donors (Lipinski definition) is 1. The minimum atomic E-state index is -0.297. The summed E-state index contributed by atoms with van der Waals surface area (Å²) >= 11 is 1.43. The van der Waals surface area contributed by atoms with Crippen molar-refractivity contribution < 1.29 is 9.53 Å². The Balaban J connectivity index is 2.05. The van der Waals surface area contributed by atoms with Crippen molar-refractivity contribution in [3.05, 3.63) is 51.9 Å². The Hall–Kier alpha value is -1.81. The van der Waals surface area contributed by atoms with E-state index in [1.165, 1.54) is 22.5 Å². The van der Waals surface area contributed by atoms with E-state index in [9.17, 15) is 4.79 Å². The monoisotopic (exact) mass is 301 g/mol. The second-order valence-electron chi connectivity index (χ2n) is 5.29. The van der Waals surface area contributed by atoms with Crippen LogP contribution in [-0.2, 0) is 11.2 Å². The molecule has 0 saturated carbocycles. The van der Waals surface area contributed by atoms with E-state index in [4.69, 9.17) is 10.5 Å². The van der Waals surface area contributed by atoms with Crippen LogP contribution in [0, 0.1) is 0 Å². The van der Waals surface area contributed by atoms with Gasteiger partial charge in [0.05, 0.1) is 12.2 Å². The molecule has 2 aromatic rings. The highest BCUT2D eigenvalue weighted by Gasteiger charge is 2.28. The van der Waals surface area contributed by atoms with Gasteiger partial charge in [0.15, 0.2) is 0 Å². The van der Waals surface area contributed by atoms with Crippen LogP contribution >= 0.6 is 11.3 Å². The number of carbonyl (C=O) groups is 1. The van der Waals surface area contributed by atoms with E-state index in [1.54, 1.807) is 0 Å². The average Bonchev–Trinajstić information content (AvgIpc) is 2.88. The van der Waals surface area contributed by atoms with Crippen molar-refractivity contribution in [3.63, 3.8) is 0 Å². The third kappa shape index (κ3) is 2.56. The Morgan fingerprint density at radius 3 is 3.00 bits per heavy atom. The first-order valence-electron chi connectivity index (χ1n) is 7.34. The maximum Gasteiger partial charge on any atom is 0.341 e. The first-order chi connectivity index (χ1) is 10.2. The van der Waals surface area contributed by atoms with E-state index in [0.29, 0.717) is 17.2 Å². The third-order valence-electron chi connectivity index (χ3n) is 4.07. The summed E-state index contributed by atoms with van der Waals surface area (Å²) in [4.78, 5) is 12.2. The van der Waals surface area contributed by atoms with Crippen molar-refractivity contribution in [1.82, 2.24) is 0 Å². The van der Waals surface area contributed by atoms with Gasteiger partial charge < -0.3 is 10.5 Å². The van der Waals surface area contributed by atoms with Gasteiger partial charge in [-0.15, -0.1) is 11.3 Å². The summed E-state index contributed by atoms with van der Waals surface area (Å²) in [6, 6.07) is 8.50. The molecule has 0 amide bonds. The lowest BCUT2D eigenvalue weighted by Gasteiger charge is -2.25. The Kier molecular flexibility index (Phi) is 3.97. The highest BCUT2D eigenvalue weighted by atomic mass is 32.1. The predicted molar refractivity (Wildman–Crippen MR) is 85.9 cm³/mol. The van der Waals surface area contributed by atoms with Gasteiger partial charge in [-0.3, -0.25) is 0 Å². The maximum atomic E-state index is 12.2. The molecule has 2 N–H and O–H groups in total. The van der Waals surface area contributed by atoms with Crippen molar-refractivity contribution in [2.45, 2.75) is 32.1 Å². The number of aryl methyl sites for hydroxylation is 1. The van der Waals surface area contributed by atoms with E-state index in [2.05, 4.69) is 24.3 Å². The molecule has 0 saturated heterocycles. The standard InChI is InChI=1S/C17H19NO2S/c1-2-20-17(19)15-14(10-21-16(15)18)13-9-5-7-11-6-3-4-8-12(11)13/h3-4,6,8,10,13H,2,5,7,9,18H2,1H3. The molecule has 1 aromatic heterocycles. The molecule has 4 heteroatoms. The first kappa shape index (κ1) is 14.1. The minimum Gasteiger partial charge on any atom is -0.462 e. The quantitative estimate of drug-likeness (QED) is 0.873. The lowest BCUT2D eigenvalue weighted by molar-refractivity contribution is 0.0526. The van der Waals surface area contributed by atoms with Crippen LogP contribution in [0.2, 0.25) is 0 Å². The van der Waals surface area contributed by atoms with E-state index in [1.807, 2.05) is 12.3 Å². The molecule has 1 aliphatic carbocycles. The lowest BCUT2D eigenvalue weighted by Crippen LogP contribution is -2.15. The zero-order valence-electron chi connectivity index (χ0n) is 12.1. The van der Waals surface area contributed by atoms with Crippen molar-refractivity contribution in [1.29, 1.82) is 0 Å². The van der Waals surface area contributed by atoms with Gasteiger partial charge in [0, 0.05) is 5.92 Å². The molecular weight excluding hydrogens is 282 g/mol. The zero-order chi connectivity index (χ0) is 14.8. The Bertz CT molecular complexity index is 663. The smallest absolute Gasteiger partial charge is 0.341 e. The maximum absolute atomic E-state index is 12.2. The number of fused-ring (bicyclic) bond motifs is 1. The number of carbonyl (C=O) groups excluding carboxylic acids is 1. The van der Waals surface area contributed by atoms with Crippen LogP contribution < -0.4 is 5.73 Å². The van der Waals surface area contributed by atoms with Crippen LogP contribution in [0.5, 0.6) is 0 Å². The van der Waals surface area contributed by atoms with Gasteiger partial charge >= 0.3 is 5.97 Å². The van der Waals surface area contributed by atoms with Gasteiger partial charge in [-0.25, -0.2) is 4.79 Å². The molecule has 0 aliphatic heterocycles. The van der Waals surface area contributed by atoms with Gasteiger partial charge in [-0.1, -0.05) is 24.3 Å². The summed E-state index contributed by atoms with van der Waals surface area (Å²) in [5.41, 5.74) is 10.3. The van der Waals surface area contributed by atoms with Crippen LogP contribution in [0.25, 0.3) is 0 Å². The fourth-order valence-corrected chi connectivity index (χ4v) is 4.00. The van der Waals surface area contributed by atoms with Gasteiger partial charge in [0.25, 0.3) is 0 Å². The molecule has 0 fully saturated rings. The van der Waals surface area contributed by atoms with E-state index < -0.39 is 0 Å². The van der Waals surface area contributed by atoms with Crippen LogP contribution in [0.4, 0.5) is 5.00 Å². The number of rotatable bonds is 3. The zero-order valence-corrected chi connectivity index (χ0v) is 12.9. The summed E-state index contributed by atoms with van der Waals surface area (Å²) < 4.78 is 5.17. The summed E-state index contributed by atoms with van der Waals surface area (Å²) in [7, 11) is 0. The van der Waals surface area contributed by atoms with Gasteiger partial charge in [0.2, 0.25) is 0 Å². The number of nitrogen functional groups attached to an aromatic ring is 1. The molecule has 1 heterocycles. The molecule has 1 aromatic carbocycles. The summed E-state index contributed by atoms with van der Waals surface area (Å²) in [5.74, 6) is -0.0442. The van der Waals surface area contributed by atoms with E-state index >= 15 is 0 Å². The predicted octanol–water partition coefficient (Wildman–Crippen LogP) is 3.98. The van der Waals surface area contributed by atoms with Gasteiger partial charge in [0.1, 0.15) is 5.00 Å². The number of ether oxygens (including phenoxy) is 1. The van der Waals surface area contributed by atoms with Crippen LogP contribution in [0.1, 0.15) is 52.7 Å². The van der Waals surface area contributed by atoms with Crippen LogP contribution in [-0.4, -0.2) is 12.6 Å². The largest absolute Gasteiger partial charge is 0.462 e. The van der Waals surface area contributed by atoms with Crippen LogP contribution in [0.3, 0.4) is 0 Å². The van der Waals surface area contributed by atoms with Crippen molar-refractivity contribution in [2.75, 3.05) is 12.3 Å². The molecule has 0 radical (unpaired) electrons. The van der Waals surface area contributed by atoms with E-state index in [-0.39, 0.29) is 11.9 Å². The number of nitrogens with two attached hydrogens (primary N) is 1. The minimum absolute atomic E-state index is 0.253. The highest BCUT2D eigenvalue weighted by Crippen LogP contribution is 2.41. The van der Waals surface area contributed by atoms with Gasteiger partial charge in [-0.05, 0) is 48.3 Å². The van der Waals surface area contributed by atoms with Crippen molar-refractivity contribution in [2.24, 2.45) is 0 Å². The molecular formula is C17H19NO2S. The molecule has 1 atom stereocenters. The molecule has 110 valence electrons. The molecule has 3 nitrogen and oxygen atoms in total. The number of esters is 1. The van der Waals surface area contributed by atoms with Crippen LogP contribution in [0.15, 0.2) is 29.6 Å². The Morgan fingerprint density at radius 2 is 2.19 bits per heavy atom. The molecule has 1 unspecified atom stereocenters. The first-order valence-corrected chi connectivity index (χ1v) is 8.22. The Labute approximate surface area is 128 Å². The fourth-order valence-electron chi connectivity index (χ4n) is 3.14. The summed E-state index contributed by atoms with van der Waals surface area (Å²) in [6.45, 7) is 2.19. The Morgan fingerprint density at radius 1 is 1.38 bits per heavy atom. The molecule has 1 aliphatic rings. The molecule has 21 heavy (non-hydrogen) atoms. The SMILES string of the molecule is CCOC(=O)c1c(C2CCCc3ccccc32)csc1N. The van der Waals surface area contributed by atoms with E-state index in [0.717, 1.165) is 24.8 Å². The van der Waals surface area contributed by atoms with Crippen molar-refractivity contribution >= 4 is 22.3 Å². The highest BCUT2D eigenvalue weighted by molar-refractivity contribution is 7.14. The third-order valence-corrected chi connectivity index (χ3v) is 4.90. The topological polar surface area (TPSA) is 52.3 Å². The van der Waals surface area contributed by atoms with Crippen molar-refractivity contribution in [3.8, 4) is 0 Å². The number of benzene rings is 1. The molecule has 0 bridgehead atoms. The summed E-state index contributed by atoms with van der Waals surface area (Å²) in [5, 5.41) is 2.58. The summed E-state index contributed by atoms with van der Waals surface area (Å²) in [6.07, 6.45) is 3.31. The molecule has 3 rings (SSSR count). The average molecular weight is 301 g/mol. The normalized spacial score (nSPS) is 17.3. The molecule has 0 spiro atoms. The second kappa shape index (κ2) is 5.90. The second-order valence-corrected chi connectivity index (χ2v) is 6.21. The lowest BCUT2D eigenvalue weighted by atomic mass is 9.78.